The number of hydrogen-bond acceptors (Lipinski definition) is 5. The van der Waals surface area contributed by atoms with E-state index in [1.807, 2.05) is 24.3 Å². The molecule has 1 aromatic heterocycles. The number of benzene rings is 1. The summed E-state index contributed by atoms with van der Waals surface area (Å²) in [7, 11) is 0. The Labute approximate surface area is 147 Å². The Morgan fingerprint density at radius 2 is 1.83 bits per heavy atom. The Kier molecular flexibility index (Phi) is 4.83. The SMILES string of the molecule is Clc1ccccc1-c1noc(CN2CCC(N3CCCC3)CC2)n1. The zero-order valence-electron chi connectivity index (χ0n) is 13.8. The molecule has 0 saturated carbocycles. The van der Waals surface area contributed by atoms with Gasteiger partial charge < -0.3 is 9.42 Å². The van der Waals surface area contributed by atoms with E-state index >= 15 is 0 Å². The number of piperidine rings is 1. The minimum absolute atomic E-state index is 0.572. The average molecular weight is 347 g/mol. The van der Waals surface area contributed by atoms with Crippen molar-refractivity contribution < 1.29 is 4.52 Å². The Morgan fingerprint density at radius 3 is 2.58 bits per heavy atom. The van der Waals surface area contributed by atoms with E-state index in [0.29, 0.717) is 16.7 Å². The molecule has 4 rings (SSSR count). The molecule has 0 unspecified atom stereocenters. The summed E-state index contributed by atoms with van der Waals surface area (Å²) >= 11 is 6.20. The molecule has 2 fully saturated rings. The van der Waals surface area contributed by atoms with E-state index in [0.717, 1.165) is 31.2 Å². The number of halogens is 1. The van der Waals surface area contributed by atoms with E-state index < -0.39 is 0 Å². The molecule has 1 aromatic carbocycles. The van der Waals surface area contributed by atoms with Crippen molar-refractivity contribution in [1.82, 2.24) is 19.9 Å². The minimum Gasteiger partial charge on any atom is -0.338 e. The van der Waals surface area contributed by atoms with Gasteiger partial charge in [0.2, 0.25) is 11.7 Å². The number of aromatic nitrogens is 2. The molecule has 24 heavy (non-hydrogen) atoms. The molecule has 2 saturated heterocycles. The van der Waals surface area contributed by atoms with Crippen molar-refractivity contribution in [2.75, 3.05) is 26.2 Å². The van der Waals surface area contributed by atoms with Gasteiger partial charge in [-0.15, -0.1) is 0 Å². The summed E-state index contributed by atoms with van der Waals surface area (Å²) in [5, 5.41) is 4.73. The van der Waals surface area contributed by atoms with Gasteiger partial charge in [0.15, 0.2) is 0 Å². The summed E-state index contributed by atoms with van der Waals surface area (Å²) in [5.74, 6) is 1.24. The quantitative estimate of drug-likeness (QED) is 0.848. The summed E-state index contributed by atoms with van der Waals surface area (Å²) in [4.78, 5) is 9.60. The summed E-state index contributed by atoms with van der Waals surface area (Å²) in [5.41, 5.74) is 0.821. The lowest BCUT2D eigenvalue weighted by atomic mass is 10.0. The molecular formula is C18H23ClN4O. The second-order valence-electron chi connectivity index (χ2n) is 6.74. The average Bonchev–Trinajstić information content (AvgIpc) is 3.28. The first kappa shape index (κ1) is 16.1. The van der Waals surface area contributed by atoms with E-state index in [4.69, 9.17) is 16.1 Å². The summed E-state index contributed by atoms with van der Waals surface area (Å²) < 4.78 is 5.43. The predicted octanol–water partition coefficient (Wildman–Crippen LogP) is 3.45. The highest BCUT2D eigenvalue weighted by Gasteiger charge is 2.27. The largest absolute Gasteiger partial charge is 0.338 e. The lowest BCUT2D eigenvalue weighted by Gasteiger charge is -2.36. The van der Waals surface area contributed by atoms with E-state index in [1.54, 1.807) is 0 Å². The van der Waals surface area contributed by atoms with Crippen molar-refractivity contribution >= 4 is 11.6 Å². The van der Waals surface area contributed by atoms with Gasteiger partial charge in [0.25, 0.3) is 0 Å². The van der Waals surface area contributed by atoms with Gasteiger partial charge in [-0.05, 0) is 50.9 Å². The molecule has 0 bridgehead atoms. The molecule has 2 aliphatic rings. The third-order valence-electron chi connectivity index (χ3n) is 5.16. The minimum atomic E-state index is 0.572. The van der Waals surface area contributed by atoms with Gasteiger partial charge in [-0.25, -0.2) is 0 Å². The first-order chi connectivity index (χ1) is 11.8. The second kappa shape index (κ2) is 7.21. The Morgan fingerprint density at radius 1 is 1.08 bits per heavy atom. The van der Waals surface area contributed by atoms with Crippen LogP contribution in [0.15, 0.2) is 28.8 Å². The van der Waals surface area contributed by atoms with Gasteiger partial charge in [-0.2, -0.15) is 4.98 Å². The molecule has 0 N–H and O–H groups in total. The molecule has 0 spiro atoms. The van der Waals surface area contributed by atoms with Crippen LogP contribution in [-0.4, -0.2) is 52.2 Å². The Hall–Kier alpha value is -1.43. The first-order valence-electron chi connectivity index (χ1n) is 8.83. The van der Waals surface area contributed by atoms with Crippen LogP contribution < -0.4 is 0 Å². The molecule has 0 amide bonds. The number of rotatable bonds is 4. The van der Waals surface area contributed by atoms with Crippen molar-refractivity contribution in [2.24, 2.45) is 0 Å². The lowest BCUT2D eigenvalue weighted by Crippen LogP contribution is -2.43. The van der Waals surface area contributed by atoms with E-state index in [2.05, 4.69) is 19.9 Å². The Bertz CT molecular complexity index is 675. The van der Waals surface area contributed by atoms with Gasteiger partial charge in [-0.1, -0.05) is 28.9 Å². The maximum Gasteiger partial charge on any atom is 0.241 e. The van der Waals surface area contributed by atoms with Gasteiger partial charge in [0, 0.05) is 24.7 Å². The van der Waals surface area contributed by atoms with Crippen molar-refractivity contribution in [3.8, 4) is 11.4 Å². The molecule has 2 aromatic rings. The van der Waals surface area contributed by atoms with Crippen LogP contribution in [0, 0.1) is 0 Å². The molecule has 0 atom stereocenters. The van der Waals surface area contributed by atoms with Gasteiger partial charge in [0.1, 0.15) is 0 Å². The van der Waals surface area contributed by atoms with Crippen molar-refractivity contribution in [3.05, 3.63) is 35.2 Å². The van der Waals surface area contributed by atoms with E-state index in [9.17, 15) is 0 Å². The fraction of sp³-hybridized carbons (Fsp3) is 0.556. The van der Waals surface area contributed by atoms with Crippen LogP contribution in [0.4, 0.5) is 0 Å². The summed E-state index contributed by atoms with van der Waals surface area (Å²) in [6.07, 6.45) is 5.22. The monoisotopic (exact) mass is 346 g/mol. The Balaban J connectivity index is 1.34. The molecular weight excluding hydrogens is 324 g/mol. The highest BCUT2D eigenvalue weighted by Crippen LogP contribution is 2.26. The van der Waals surface area contributed by atoms with Gasteiger partial charge >= 0.3 is 0 Å². The maximum absolute atomic E-state index is 6.20. The fourth-order valence-corrected chi connectivity index (χ4v) is 4.03. The summed E-state index contributed by atoms with van der Waals surface area (Å²) in [6, 6.07) is 8.36. The topological polar surface area (TPSA) is 45.4 Å². The maximum atomic E-state index is 6.20. The standard InChI is InChI=1S/C18H23ClN4O/c19-16-6-2-1-5-15(16)18-20-17(24-21-18)13-22-11-7-14(8-12-22)23-9-3-4-10-23/h1-2,5-6,14H,3-4,7-13H2. The zero-order valence-corrected chi connectivity index (χ0v) is 14.6. The van der Waals surface area contributed by atoms with E-state index in [-0.39, 0.29) is 0 Å². The smallest absolute Gasteiger partial charge is 0.241 e. The lowest BCUT2D eigenvalue weighted by molar-refractivity contribution is 0.114. The third kappa shape index (κ3) is 3.48. The molecule has 128 valence electrons. The van der Waals surface area contributed by atoms with Gasteiger partial charge in [-0.3, -0.25) is 4.90 Å². The van der Waals surface area contributed by atoms with Crippen LogP contribution in [-0.2, 0) is 6.54 Å². The third-order valence-corrected chi connectivity index (χ3v) is 5.49. The van der Waals surface area contributed by atoms with Crippen LogP contribution in [0.5, 0.6) is 0 Å². The predicted molar refractivity (Wildman–Crippen MR) is 93.9 cm³/mol. The molecule has 5 nitrogen and oxygen atoms in total. The van der Waals surface area contributed by atoms with Crippen molar-refractivity contribution in [2.45, 2.75) is 38.3 Å². The number of likely N-dealkylation sites (tertiary alicyclic amines) is 2. The molecule has 6 heteroatoms. The zero-order chi connectivity index (χ0) is 16.4. The van der Waals surface area contributed by atoms with Crippen LogP contribution in [0.2, 0.25) is 5.02 Å². The van der Waals surface area contributed by atoms with E-state index in [1.165, 1.54) is 38.8 Å². The van der Waals surface area contributed by atoms with Crippen LogP contribution in [0.1, 0.15) is 31.6 Å². The first-order valence-corrected chi connectivity index (χ1v) is 9.21. The summed E-state index contributed by atoms with van der Waals surface area (Å²) in [6.45, 7) is 5.51. The molecule has 0 radical (unpaired) electrons. The number of nitrogens with zero attached hydrogens (tertiary/aromatic N) is 4. The van der Waals surface area contributed by atoms with Gasteiger partial charge in [0.05, 0.1) is 11.6 Å². The molecule has 0 aliphatic carbocycles. The van der Waals surface area contributed by atoms with Crippen molar-refractivity contribution in [1.29, 1.82) is 0 Å². The molecule has 2 aliphatic heterocycles. The second-order valence-corrected chi connectivity index (χ2v) is 7.15. The number of hydrogen-bond donors (Lipinski definition) is 0. The van der Waals surface area contributed by atoms with Crippen LogP contribution in [0.3, 0.4) is 0 Å². The molecule has 3 heterocycles. The highest BCUT2D eigenvalue weighted by atomic mass is 35.5. The van der Waals surface area contributed by atoms with Crippen LogP contribution in [0.25, 0.3) is 11.4 Å². The fourth-order valence-electron chi connectivity index (χ4n) is 3.81. The van der Waals surface area contributed by atoms with Crippen molar-refractivity contribution in [3.63, 3.8) is 0 Å². The highest BCUT2D eigenvalue weighted by molar-refractivity contribution is 6.33. The normalized spacial score (nSPS) is 20.7. The van der Waals surface area contributed by atoms with Crippen LogP contribution >= 0.6 is 11.6 Å².